The van der Waals surface area contributed by atoms with Crippen molar-refractivity contribution < 1.29 is 8.42 Å². The zero-order chi connectivity index (χ0) is 14.9. The van der Waals surface area contributed by atoms with Crippen LogP contribution < -0.4 is 0 Å². The number of hydrogen-bond donors (Lipinski definition) is 0. The maximum atomic E-state index is 12.7. The molecule has 0 aromatic heterocycles. The lowest BCUT2D eigenvalue weighted by atomic mass is 9.94. The molecule has 2 rings (SSSR count). The molecule has 0 spiro atoms. The van der Waals surface area contributed by atoms with Gasteiger partial charge in [-0.15, -0.1) is 0 Å². The fraction of sp³-hybridized carbons (Fsp3) is 0.625. The molecule has 0 N–H and O–H groups in total. The van der Waals surface area contributed by atoms with Crippen LogP contribution in [0.25, 0.3) is 0 Å². The van der Waals surface area contributed by atoms with Gasteiger partial charge in [-0.3, -0.25) is 0 Å². The fourth-order valence-corrected chi connectivity index (χ4v) is 4.66. The van der Waals surface area contributed by atoms with Crippen molar-refractivity contribution in [2.45, 2.75) is 44.9 Å². The van der Waals surface area contributed by atoms with Crippen LogP contribution in [-0.4, -0.2) is 25.8 Å². The molecule has 1 aliphatic heterocycles. The summed E-state index contributed by atoms with van der Waals surface area (Å²) < 4.78 is 27.0. The minimum atomic E-state index is -3.34. The molecular weight excluding hydrogens is 270 g/mol. The van der Waals surface area contributed by atoms with Gasteiger partial charge in [0.05, 0.1) is 4.90 Å². The van der Waals surface area contributed by atoms with Crippen molar-refractivity contribution in [2.75, 3.05) is 13.1 Å². The number of rotatable bonds is 3. The van der Waals surface area contributed by atoms with E-state index in [1.165, 1.54) is 5.56 Å². The van der Waals surface area contributed by atoms with E-state index in [4.69, 9.17) is 0 Å². The minimum absolute atomic E-state index is 0.418. The molecule has 0 saturated carbocycles. The Morgan fingerprint density at radius 3 is 2.00 bits per heavy atom. The summed E-state index contributed by atoms with van der Waals surface area (Å²) in [7, 11) is -3.34. The van der Waals surface area contributed by atoms with Crippen LogP contribution in [0, 0.1) is 11.8 Å². The number of piperidine rings is 1. The molecule has 0 amide bonds. The molecule has 1 fully saturated rings. The minimum Gasteiger partial charge on any atom is -0.207 e. The Bertz CT molecular complexity index is 538. The normalized spacial score (nSPS) is 25.1. The first-order valence-electron chi connectivity index (χ1n) is 7.40. The summed E-state index contributed by atoms with van der Waals surface area (Å²) >= 11 is 0. The molecule has 1 heterocycles. The van der Waals surface area contributed by atoms with E-state index in [2.05, 4.69) is 27.7 Å². The van der Waals surface area contributed by atoms with Gasteiger partial charge in [0.15, 0.2) is 0 Å². The summed E-state index contributed by atoms with van der Waals surface area (Å²) in [6.07, 6.45) is 1.11. The largest absolute Gasteiger partial charge is 0.243 e. The highest BCUT2D eigenvalue weighted by atomic mass is 32.2. The van der Waals surface area contributed by atoms with Crippen molar-refractivity contribution in [1.29, 1.82) is 0 Å². The summed E-state index contributed by atoms with van der Waals surface area (Å²) in [5.74, 6) is 1.29. The molecule has 0 radical (unpaired) electrons. The van der Waals surface area contributed by atoms with E-state index < -0.39 is 10.0 Å². The summed E-state index contributed by atoms with van der Waals surface area (Å²) in [5, 5.41) is 0. The topological polar surface area (TPSA) is 37.4 Å². The average molecular weight is 295 g/mol. The van der Waals surface area contributed by atoms with Crippen LogP contribution in [-0.2, 0) is 10.0 Å². The van der Waals surface area contributed by atoms with Gasteiger partial charge in [0.25, 0.3) is 0 Å². The third-order valence-corrected chi connectivity index (χ3v) is 5.87. The second-order valence-corrected chi connectivity index (χ2v) is 8.43. The van der Waals surface area contributed by atoms with Crippen LogP contribution in [0.1, 0.15) is 45.6 Å². The Balaban J connectivity index is 2.25. The Morgan fingerprint density at radius 1 is 1.05 bits per heavy atom. The van der Waals surface area contributed by atoms with Gasteiger partial charge in [-0.1, -0.05) is 39.8 Å². The maximum absolute atomic E-state index is 12.7. The van der Waals surface area contributed by atoms with Gasteiger partial charge in [-0.2, -0.15) is 4.31 Å². The van der Waals surface area contributed by atoms with E-state index in [-0.39, 0.29) is 0 Å². The highest BCUT2D eigenvalue weighted by molar-refractivity contribution is 7.89. The molecule has 1 saturated heterocycles. The van der Waals surface area contributed by atoms with Gasteiger partial charge < -0.3 is 0 Å². The molecule has 1 aliphatic rings. The van der Waals surface area contributed by atoms with Crippen molar-refractivity contribution in [3.05, 3.63) is 29.8 Å². The second-order valence-electron chi connectivity index (χ2n) is 6.49. The van der Waals surface area contributed by atoms with Crippen LogP contribution in [0.3, 0.4) is 0 Å². The lowest BCUT2D eigenvalue weighted by Gasteiger charge is -2.34. The van der Waals surface area contributed by atoms with Gasteiger partial charge in [-0.25, -0.2) is 8.42 Å². The van der Waals surface area contributed by atoms with E-state index in [1.807, 2.05) is 12.1 Å². The van der Waals surface area contributed by atoms with E-state index in [0.717, 1.165) is 6.42 Å². The molecule has 0 unspecified atom stereocenters. The molecule has 112 valence electrons. The quantitative estimate of drug-likeness (QED) is 0.856. The van der Waals surface area contributed by atoms with Crippen molar-refractivity contribution in [2.24, 2.45) is 11.8 Å². The molecule has 20 heavy (non-hydrogen) atoms. The molecule has 3 nitrogen and oxygen atoms in total. The molecule has 4 heteroatoms. The number of sulfonamides is 1. The lowest BCUT2D eigenvalue weighted by molar-refractivity contribution is 0.222. The highest BCUT2D eigenvalue weighted by Gasteiger charge is 2.31. The molecule has 1 aromatic rings. The van der Waals surface area contributed by atoms with Gasteiger partial charge >= 0.3 is 0 Å². The Hall–Kier alpha value is -0.870. The van der Waals surface area contributed by atoms with Crippen LogP contribution >= 0.6 is 0 Å². The second kappa shape index (κ2) is 5.86. The van der Waals surface area contributed by atoms with Crippen molar-refractivity contribution >= 4 is 10.0 Å². The Labute approximate surface area is 123 Å². The third kappa shape index (κ3) is 3.23. The predicted octanol–water partition coefficient (Wildman–Crippen LogP) is 3.48. The number of hydrogen-bond acceptors (Lipinski definition) is 2. The van der Waals surface area contributed by atoms with Gasteiger partial charge in [0, 0.05) is 13.1 Å². The molecule has 0 aliphatic carbocycles. The van der Waals surface area contributed by atoms with Crippen molar-refractivity contribution in [1.82, 2.24) is 4.31 Å². The van der Waals surface area contributed by atoms with Crippen LogP contribution in [0.15, 0.2) is 29.2 Å². The monoisotopic (exact) mass is 295 g/mol. The highest BCUT2D eigenvalue weighted by Crippen LogP contribution is 2.27. The predicted molar refractivity (Wildman–Crippen MR) is 82.2 cm³/mol. The molecule has 2 atom stereocenters. The van der Waals surface area contributed by atoms with E-state index in [1.54, 1.807) is 16.4 Å². The summed E-state index contributed by atoms with van der Waals surface area (Å²) in [6, 6.07) is 7.34. The number of nitrogens with zero attached hydrogens (tertiary/aromatic N) is 1. The van der Waals surface area contributed by atoms with Crippen molar-refractivity contribution in [3.63, 3.8) is 0 Å². The van der Waals surface area contributed by atoms with E-state index >= 15 is 0 Å². The van der Waals surface area contributed by atoms with Gasteiger partial charge in [-0.05, 0) is 41.9 Å². The summed E-state index contributed by atoms with van der Waals surface area (Å²) in [6.45, 7) is 9.74. The van der Waals surface area contributed by atoms with Crippen LogP contribution in [0.5, 0.6) is 0 Å². The Kier molecular flexibility index (Phi) is 4.55. The SMILES string of the molecule is CC(C)c1ccc(S(=O)(=O)N2C[C@@H](C)C[C@H](C)C2)cc1. The van der Waals surface area contributed by atoms with Gasteiger partial charge in [0.2, 0.25) is 10.0 Å². The standard InChI is InChI=1S/C16H25NO2S/c1-12(2)15-5-7-16(8-6-15)20(18,19)17-10-13(3)9-14(4)11-17/h5-8,12-14H,9-11H2,1-4H3/t13-,14-/m0/s1. The first kappa shape index (κ1) is 15.5. The summed E-state index contributed by atoms with van der Waals surface area (Å²) in [4.78, 5) is 0.420. The lowest BCUT2D eigenvalue weighted by Crippen LogP contribution is -2.42. The molecule has 0 bridgehead atoms. The number of benzene rings is 1. The molecule has 1 aromatic carbocycles. The first-order valence-corrected chi connectivity index (χ1v) is 8.84. The van der Waals surface area contributed by atoms with Crippen molar-refractivity contribution in [3.8, 4) is 0 Å². The zero-order valence-corrected chi connectivity index (χ0v) is 13.7. The first-order chi connectivity index (χ1) is 9.30. The smallest absolute Gasteiger partial charge is 0.207 e. The van der Waals surface area contributed by atoms with Crippen LogP contribution in [0.4, 0.5) is 0 Å². The maximum Gasteiger partial charge on any atom is 0.243 e. The zero-order valence-electron chi connectivity index (χ0n) is 12.8. The fourth-order valence-electron chi connectivity index (χ4n) is 2.98. The molecular formula is C16H25NO2S. The van der Waals surface area contributed by atoms with E-state index in [9.17, 15) is 8.42 Å². The summed E-state index contributed by atoms with van der Waals surface area (Å²) in [5.41, 5.74) is 1.17. The Morgan fingerprint density at radius 2 is 1.55 bits per heavy atom. The average Bonchev–Trinajstić information content (AvgIpc) is 2.37. The van der Waals surface area contributed by atoms with Crippen LogP contribution in [0.2, 0.25) is 0 Å². The third-order valence-electron chi connectivity index (χ3n) is 4.02. The van der Waals surface area contributed by atoms with Gasteiger partial charge in [0.1, 0.15) is 0 Å². The van der Waals surface area contributed by atoms with E-state index in [0.29, 0.717) is 35.7 Å².